The lowest BCUT2D eigenvalue weighted by molar-refractivity contribution is 0.0696. The van der Waals surface area contributed by atoms with Gasteiger partial charge in [-0.3, -0.25) is 4.98 Å². The molecular weight excluding hydrogens is 208 g/mol. The van der Waals surface area contributed by atoms with E-state index in [2.05, 4.69) is 10.3 Å². The molecule has 0 bridgehead atoms. The lowest BCUT2D eigenvalue weighted by Gasteiger charge is -2.15. The summed E-state index contributed by atoms with van der Waals surface area (Å²) in [7, 11) is 0. The van der Waals surface area contributed by atoms with Crippen LogP contribution in [0.5, 0.6) is 0 Å². The van der Waals surface area contributed by atoms with Crippen molar-refractivity contribution in [1.82, 2.24) is 10.3 Å². The van der Waals surface area contributed by atoms with Crippen LogP contribution >= 0.6 is 0 Å². The van der Waals surface area contributed by atoms with Crippen LogP contribution in [0.3, 0.4) is 0 Å². The van der Waals surface area contributed by atoms with Gasteiger partial charge in [-0.2, -0.15) is 0 Å². The largest absolute Gasteiger partial charge is 0.478 e. The summed E-state index contributed by atoms with van der Waals surface area (Å²) in [5.74, 6) is -0.955. The average molecular weight is 222 g/mol. The minimum absolute atomic E-state index is 0.0364. The van der Waals surface area contributed by atoms with Gasteiger partial charge in [0.2, 0.25) is 0 Å². The van der Waals surface area contributed by atoms with Crippen LogP contribution in [-0.2, 0) is 4.74 Å². The number of carbonyl (C=O) groups is 1. The van der Waals surface area contributed by atoms with Gasteiger partial charge in [0.25, 0.3) is 0 Å². The Labute approximate surface area is 93.5 Å². The molecule has 1 unspecified atom stereocenters. The van der Waals surface area contributed by atoms with Gasteiger partial charge < -0.3 is 15.2 Å². The molecular formula is C11H14N2O3. The number of carboxylic acids is 1. The molecule has 2 N–H and O–H groups in total. The van der Waals surface area contributed by atoms with Crippen molar-refractivity contribution in [3.05, 3.63) is 29.6 Å². The molecule has 2 heterocycles. The first-order valence-corrected chi connectivity index (χ1v) is 5.27. The highest BCUT2D eigenvalue weighted by Crippen LogP contribution is 2.15. The van der Waals surface area contributed by atoms with Crippen molar-refractivity contribution in [3.8, 4) is 0 Å². The van der Waals surface area contributed by atoms with Crippen LogP contribution in [0.1, 0.15) is 28.4 Å². The molecule has 0 aromatic carbocycles. The summed E-state index contributed by atoms with van der Waals surface area (Å²) in [4.78, 5) is 14.7. The molecule has 1 atom stereocenters. The highest BCUT2D eigenvalue weighted by Gasteiger charge is 2.15. The maximum absolute atomic E-state index is 10.8. The maximum atomic E-state index is 10.8. The average Bonchev–Trinajstić information content (AvgIpc) is 2.57. The molecule has 1 saturated heterocycles. The zero-order valence-electron chi connectivity index (χ0n) is 8.85. The van der Waals surface area contributed by atoms with Crippen molar-refractivity contribution in [2.45, 2.75) is 12.5 Å². The van der Waals surface area contributed by atoms with Gasteiger partial charge in [-0.05, 0) is 24.6 Å². The summed E-state index contributed by atoms with van der Waals surface area (Å²) in [6.07, 6.45) is 4.00. The zero-order chi connectivity index (χ0) is 11.4. The summed E-state index contributed by atoms with van der Waals surface area (Å²) in [5, 5.41) is 12.2. The smallest absolute Gasteiger partial charge is 0.337 e. The van der Waals surface area contributed by atoms with E-state index in [1.165, 1.54) is 6.20 Å². The number of hydrogen-bond acceptors (Lipinski definition) is 4. The third kappa shape index (κ3) is 2.56. The fraction of sp³-hybridized carbons (Fsp3) is 0.455. The number of nitrogens with zero attached hydrogens (tertiary/aromatic N) is 1. The fourth-order valence-corrected chi connectivity index (χ4v) is 1.69. The molecule has 0 radical (unpaired) electrons. The van der Waals surface area contributed by atoms with Gasteiger partial charge in [-0.15, -0.1) is 0 Å². The normalized spacial score (nSPS) is 21.4. The fourth-order valence-electron chi connectivity index (χ4n) is 1.69. The van der Waals surface area contributed by atoms with Gasteiger partial charge in [0.05, 0.1) is 18.2 Å². The third-order valence-electron chi connectivity index (χ3n) is 2.55. The molecule has 0 amide bonds. The molecule has 1 fully saturated rings. The van der Waals surface area contributed by atoms with Crippen molar-refractivity contribution in [3.63, 3.8) is 0 Å². The molecule has 1 aliphatic heterocycles. The summed E-state index contributed by atoms with van der Waals surface area (Å²) < 4.78 is 5.42. The van der Waals surface area contributed by atoms with E-state index in [0.29, 0.717) is 6.61 Å². The number of carboxylic acid groups (broad SMARTS) is 1. The van der Waals surface area contributed by atoms with Crippen LogP contribution in [0.4, 0.5) is 0 Å². The van der Waals surface area contributed by atoms with Crippen molar-refractivity contribution >= 4 is 5.97 Å². The van der Waals surface area contributed by atoms with E-state index < -0.39 is 5.97 Å². The number of pyridine rings is 1. The van der Waals surface area contributed by atoms with Gasteiger partial charge >= 0.3 is 5.97 Å². The second-order valence-electron chi connectivity index (χ2n) is 3.75. The molecule has 1 aromatic rings. The van der Waals surface area contributed by atoms with Crippen LogP contribution in [0, 0.1) is 0 Å². The van der Waals surface area contributed by atoms with Gasteiger partial charge in [0, 0.05) is 19.0 Å². The lowest BCUT2D eigenvalue weighted by atomic mass is 10.1. The molecule has 5 heteroatoms. The zero-order valence-corrected chi connectivity index (χ0v) is 8.85. The lowest BCUT2D eigenvalue weighted by Crippen LogP contribution is -2.23. The van der Waals surface area contributed by atoms with Crippen molar-refractivity contribution in [1.29, 1.82) is 0 Å². The standard InChI is InChI=1S/C11H14N2O3/c14-11(15)9-4-8(5-12-6-9)10-7-16-3-1-2-13-10/h4-6,10,13H,1-3,7H2,(H,14,15). The Morgan fingerprint density at radius 3 is 3.25 bits per heavy atom. The number of ether oxygens (including phenoxy) is 1. The predicted octanol–water partition coefficient (Wildman–Crippen LogP) is 0.831. The van der Waals surface area contributed by atoms with Gasteiger partial charge in [-0.1, -0.05) is 0 Å². The predicted molar refractivity (Wildman–Crippen MR) is 57.4 cm³/mol. The number of nitrogens with one attached hydrogen (secondary N) is 1. The van der Waals surface area contributed by atoms with E-state index >= 15 is 0 Å². The van der Waals surface area contributed by atoms with E-state index in [-0.39, 0.29) is 11.6 Å². The molecule has 0 saturated carbocycles. The molecule has 5 nitrogen and oxygen atoms in total. The molecule has 2 rings (SSSR count). The molecule has 1 aliphatic rings. The highest BCUT2D eigenvalue weighted by molar-refractivity contribution is 5.87. The van der Waals surface area contributed by atoms with Crippen LogP contribution in [0.15, 0.2) is 18.5 Å². The van der Waals surface area contributed by atoms with E-state index in [9.17, 15) is 4.79 Å². The molecule has 0 spiro atoms. The Balaban J connectivity index is 2.18. The maximum Gasteiger partial charge on any atom is 0.337 e. The first-order chi connectivity index (χ1) is 7.77. The molecule has 1 aromatic heterocycles. The first-order valence-electron chi connectivity index (χ1n) is 5.27. The van der Waals surface area contributed by atoms with Crippen molar-refractivity contribution in [2.75, 3.05) is 19.8 Å². The topological polar surface area (TPSA) is 71.5 Å². The number of aromatic nitrogens is 1. The highest BCUT2D eigenvalue weighted by atomic mass is 16.5. The van der Waals surface area contributed by atoms with Gasteiger partial charge in [-0.25, -0.2) is 4.79 Å². The van der Waals surface area contributed by atoms with E-state index in [4.69, 9.17) is 9.84 Å². The summed E-state index contributed by atoms with van der Waals surface area (Å²) in [6, 6.07) is 1.68. The monoisotopic (exact) mass is 222 g/mol. The minimum Gasteiger partial charge on any atom is -0.478 e. The number of aromatic carboxylic acids is 1. The van der Waals surface area contributed by atoms with Crippen LogP contribution in [0.25, 0.3) is 0 Å². The minimum atomic E-state index is -0.955. The summed E-state index contributed by atoms with van der Waals surface area (Å²) in [6.45, 7) is 2.18. The molecule has 0 aliphatic carbocycles. The van der Waals surface area contributed by atoms with E-state index in [0.717, 1.165) is 25.1 Å². The Bertz CT molecular complexity index is 373. The molecule has 16 heavy (non-hydrogen) atoms. The van der Waals surface area contributed by atoms with Gasteiger partial charge in [0.15, 0.2) is 0 Å². The Morgan fingerprint density at radius 1 is 1.56 bits per heavy atom. The van der Waals surface area contributed by atoms with Crippen molar-refractivity contribution < 1.29 is 14.6 Å². The Morgan fingerprint density at radius 2 is 2.44 bits per heavy atom. The Hall–Kier alpha value is -1.46. The van der Waals surface area contributed by atoms with Crippen molar-refractivity contribution in [2.24, 2.45) is 0 Å². The molecule has 86 valence electrons. The van der Waals surface area contributed by atoms with Crippen LogP contribution in [0.2, 0.25) is 0 Å². The summed E-state index contributed by atoms with van der Waals surface area (Å²) in [5.41, 5.74) is 1.07. The van der Waals surface area contributed by atoms with Crippen LogP contribution < -0.4 is 5.32 Å². The second-order valence-corrected chi connectivity index (χ2v) is 3.75. The van der Waals surface area contributed by atoms with Gasteiger partial charge in [0.1, 0.15) is 0 Å². The SMILES string of the molecule is O=C(O)c1cncc(C2COCCCN2)c1. The number of rotatable bonds is 2. The van der Waals surface area contributed by atoms with E-state index in [1.54, 1.807) is 12.3 Å². The Kier molecular flexibility index (Phi) is 3.48. The van der Waals surface area contributed by atoms with E-state index in [1.807, 2.05) is 0 Å². The first kappa shape index (κ1) is 11.0. The van der Waals surface area contributed by atoms with Crippen LogP contribution in [-0.4, -0.2) is 35.8 Å². The number of hydrogen-bond donors (Lipinski definition) is 2. The second kappa shape index (κ2) is 5.05. The summed E-state index contributed by atoms with van der Waals surface area (Å²) >= 11 is 0. The quantitative estimate of drug-likeness (QED) is 0.775. The third-order valence-corrected chi connectivity index (χ3v) is 2.55.